The molecular formula is C20H19FN6O. The number of nitrogens with one attached hydrogen (secondary N) is 1. The summed E-state index contributed by atoms with van der Waals surface area (Å²) in [6.45, 7) is 2.98. The van der Waals surface area contributed by atoms with E-state index in [1.54, 1.807) is 6.20 Å². The molecule has 4 aromatic rings. The van der Waals surface area contributed by atoms with Gasteiger partial charge in [-0.2, -0.15) is 5.10 Å². The molecule has 1 aliphatic rings. The van der Waals surface area contributed by atoms with E-state index in [1.165, 1.54) is 10.7 Å². The third kappa shape index (κ3) is 2.72. The second-order valence-corrected chi connectivity index (χ2v) is 7.07. The van der Waals surface area contributed by atoms with Crippen LogP contribution in [0.5, 0.6) is 0 Å². The molecule has 0 aromatic carbocycles. The number of fused-ring (bicyclic) bond motifs is 2. The largest absolute Gasteiger partial charge is 0.345 e. The van der Waals surface area contributed by atoms with Crippen LogP contribution >= 0.6 is 0 Å². The van der Waals surface area contributed by atoms with Gasteiger partial charge in [0.05, 0.1) is 17.9 Å². The lowest BCUT2D eigenvalue weighted by molar-refractivity contribution is 0.0940. The van der Waals surface area contributed by atoms with Crippen LogP contribution in [-0.2, 0) is 6.54 Å². The van der Waals surface area contributed by atoms with E-state index in [1.807, 2.05) is 30.5 Å². The highest BCUT2D eigenvalue weighted by Gasteiger charge is 2.39. The number of hydrogen-bond acceptors (Lipinski definition) is 4. The Balaban J connectivity index is 1.59. The van der Waals surface area contributed by atoms with Crippen molar-refractivity contribution in [3.05, 3.63) is 48.5 Å². The van der Waals surface area contributed by atoms with Crippen molar-refractivity contribution >= 4 is 22.6 Å². The Morgan fingerprint density at radius 2 is 2.18 bits per heavy atom. The van der Waals surface area contributed by atoms with Crippen molar-refractivity contribution in [3.63, 3.8) is 0 Å². The Kier molecular flexibility index (Phi) is 3.85. The van der Waals surface area contributed by atoms with Crippen molar-refractivity contribution in [2.24, 2.45) is 0 Å². The van der Waals surface area contributed by atoms with E-state index in [4.69, 9.17) is 0 Å². The van der Waals surface area contributed by atoms with Crippen LogP contribution in [-0.4, -0.2) is 42.3 Å². The Morgan fingerprint density at radius 3 is 2.96 bits per heavy atom. The quantitative estimate of drug-likeness (QED) is 0.579. The maximum absolute atomic E-state index is 13.1. The molecule has 4 heterocycles. The molecule has 2 atom stereocenters. The summed E-state index contributed by atoms with van der Waals surface area (Å²) in [7, 11) is 0. The second-order valence-electron chi connectivity index (χ2n) is 7.07. The zero-order valence-corrected chi connectivity index (χ0v) is 15.3. The van der Waals surface area contributed by atoms with Gasteiger partial charge in [0, 0.05) is 36.3 Å². The predicted molar refractivity (Wildman–Crippen MR) is 103 cm³/mol. The first-order chi connectivity index (χ1) is 13.7. The monoisotopic (exact) mass is 378 g/mol. The normalized spacial score (nSPS) is 18.6. The van der Waals surface area contributed by atoms with E-state index in [0.717, 1.165) is 35.3 Å². The standard InChI is InChI=1S/C20H19FN6O/c1-2-8-26-11-13(12-4-3-7-22-19(12)26)15-5-6-18-23-10-17(27(18)25-15)20(28)24-16-9-14(16)21/h3-7,10-11,14,16H,2,8-9H2,1H3,(H,24,28). The molecule has 1 N–H and O–H groups in total. The Labute approximate surface area is 160 Å². The van der Waals surface area contributed by atoms with Crippen LogP contribution in [0.3, 0.4) is 0 Å². The van der Waals surface area contributed by atoms with E-state index in [2.05, 4.69) is 31.9 Å². The molecule has 0 saturated heterocycles. The minimum Gasteiger partial charge on any atom is -0.345 e. The second kappa shape index (κ2) is 6.40. The average Bonchev–Trinajstić information content (AvgIpc) is 3.11. The van der Waals surface area contributed by atoms with E-state index in [-0.39, 0.29) is 5.91 Å². The van der Waals surface area contributed by atoms with E-state index < -0.39 is 12.2 Å². The molecule has 2 unspecified atom stereocenters. The number of rotatable bonds is 5. The number of carbonyl (C=O) groups excluding carboxylic acids is 1. The van der Waals surface area contributed by atoms with Crippen molar-refractivity contribution in [2.45, 2.75) is 38.5 Å². The van der Waals surface area contributed by atoms with Gasteiger partial charge in [-0.15, -0.1) is 0 Å². The molecule has 0 bridgehead atoms. The number of amides is 1. The molecule has 1 amide bonds. The van der Waals surface area contributed by atoms with Crippen LogP contribution in [0, 0.1) is 0 Å². The highest BCUT2D eigenvalue weighted by atomic mass is 19.1. The number of aromatic nitrogens is 5. The molecule has 1 aliphatic carbocycles. The van der Waals surface area contributed by atoms with Gasteiger partial charge < -0.3 is 9.88 Å². The molecule has 0 aliphatic heterocycles. The minimum absolute atomic E-state index is 0.298. The minimum atomic E-state index is -0.955. The lowest BCUT2D eigenvalue weighted by atomic mass is 10.1. The summed E-state index contributed by atoms with van der Waals surface area (Å²) in [6, 6.07) is 7.24. The summed E-state index contributed by atoms with van der Waals surface area (Å²) in [5.41, 5.74) is 3.45. The summed E-state index contributed by atoms with van der Waals surface area (Å²) in [5, 5.41) is 8.34. The molecule has 0 radical (unpaired) electrons. The van der Waals surface area contributed by atoms with Crippen LogP contribution in [0.2, 0.25) is 0 Å². The number of alkyl halides is 1. The molecule has 8 heteroatoms. The number of aryl methyl sites for hydroxylation is 1. The van der Waals surface area contributed by atoms with Crippen molar-refractivity contribution in [1.82, 2.24) is 29.5 Å². The fourth-order valence-corrected chi connectivity index (χ4v) is 3.47. The fourth-order valence-electron chi connectivity index (χ4n) is 3.47. The first kappa shape index (κ1) is 16.9. The SMILES string of the molecule is CCCn1cc(-c2ccc3ncc(C(=O)NC4CC4F)n3n2)c2cccnc21. The van der Waals surface area contributed by atoms with Crippen molar-refractivity contribution in [2.75, 3.05) is 0 Å². The van der Waals surface area contributed by atoms with Crippen molar-refractivity contribution < 1.29 is 9.18 Å². The number of carbonyl (C=O) groups is 1. The first-order valence-corrected chi connectivity index (χ1v) is 9.39. The highest BCUT2D eigenvalue weighted by molar-refractivity contribution is 5.95. The molecular weight excluding hydrogens is 359 g/mol. The topological polar surface area (TPSA) is 77.1 Å². The number of imidazole rings is 1. The zero-order chi connectivity index (χ0) is 19.3. The molecule has 1 saturated carbocycles. The lowest BCUT2D eigenvalue weighted by Gasteiger charge is -2.04. The van der Waals surface area contributed by atoms with E-state index >= 15 is 0 Å². The summed E-state index contributed by atoms with van der Waals surface area (Å²) in [6.07, 6.45) is 5.70. The third-order valence-corrected chi connectivity index (χ3v) is 5.00. The molecule has 7 nitrogen and oxygen atoms in total. The summed E-state index contributed by atoms with van der Waals surface area (Å²) in [5.74, 6) is -0.364. The molecule has 1 fully saturated rings. The van der Waals surface area contributed by atoms with E-state index in [9.17, 15) is 9.18 Å². The van der Waals surface area contributed by atoms with Gasteiger partial charge in [0.1, 0.15) is 17.5 Å². The molecule has 142 valence electrons. The molecule has 5 rings (SSSR count). The lowest BCUT2D eigenvalue weighted by Crippen LogP contribution is -2.28. The maximum Gasteiger partial charge on any atom is 0.271 e. The smallest absolute Gasteiger partial charge is 0.271 e. The van der Waals surface area contributed by atoms with Crippen molar-refractivity contribution in [3.8, 4) is 11.3 Å². The molecule has 4 aromatic heterocycles. The van der Waals surface area contributed by atoms with Crippen molar-refractivity contribution in [1.29, 1.82) is 0 Å². The molecule has 0 spiro atoms. The fraction of sp³-hybridized carbons (Fsp3) is 0.300. The summed E-state index contributed by atoms with van der Waals surface area (Å²) >= 11 is 0. The van der Waals surface area contributed by atoms with Crippen LogP contribution in [0.4, 0.5) is 4.39 Å². The van der Waals surface area contributed by atoms with Crippen LogP contribution in [0.25, 0.3) is 27.9 Å². The van der Waals surface area contributed by atoms with Gasteiger partial charge in [-0.3, -0.25) is 4.79 Å². The van der Waals surface area contributed by atoms with Gasteiger partial charge in [-0.25, -0.2) is 18.9 Å². The Morgan fingerprint density at radius 1 is 1.32 bits per heavy atom. The van der Waals surface area contributed by atoms with E-state index in [0.29, 0.717) is 17.8 Å². The summed E-state index contributed by atoms with van der Waals surface area (Å²) in [4.78, 5) is 21.2. The van der Waals surface area contributed by atoms with Gasteiger partial charge in [0.15, 0.2) is 5.65 Å². The van der Waals surface area contributed by atoms with Gasteiger partial charge >= 0.3 is 0 Å². The number of halogens is 1. The van der Waals surface area contributed by atoms with Gasteiger partial charge in [0.2, 0.25) is 0 Å². The van der Waals surface area contributed by atoms with Gasteiger partial charge in [-0.05, 0) is 30.7 Å². The van der Waals surface area contributed by atoms with Gasteiger partial charge in [-0.1, -0.05) is 6.92 Å². The predicted octanol–water partition coefficient (Wildman–Crippen LogP) is 3.00. The Hall–Kier alpha value is -3.29. The van der Waals surface area contributed by atoms with Crippen LogP contribution in [0.15, 0.2) is 42.9 Å². The number of nitrogens with zero attached hydrogens (tertiary/aromatic N) is 5. The van der Waals surface area contributed by atoms with Gasteiger partial charge in [0.25, 0.3) is 5.91 Å². The zero-order valence-electron chi connectivity index (χ0n) is 15.3. The van der Waals surface area contributed by atoms with Crippen LogP contribution < -0.4 is 5.32 Å². The summed E-state index contributed by atoms with van der Waals surface area (Å²) < 4.78 is 16.8. The Bertz CT molecular complexity index is 1200. The average molecular weight is 378 g/mol. The first-order valence-electron chi connectivity index (χ1n) is 9.39. The highest BCUT2D eigenvalue weighted by Crippen LogP contribution is 2.29. The third-order valence-electron chi connectivity index (χ3n) is 5.00. The molecule has 28 heavy (non-hydrogen) atoms. The maximum atomic E-state index is 13.1. The number of pyridine rings is 1. The van der Waals surface area contributed by atoms with Crippen LogP contribution in [0.1, 0.15) is 30.3 Å². The number of hydrogen-bond donors (Lipinski definition) is 1.